The van der Waals surface area contributed by atoms with Crippen molar-refractivity contribution >= 4 is 0 Å². The monoisotopic (exact) mass is 171 g/mol. The molecule has 0 aromatic carbocycles. The van der Waals surface area contributed by atoms with E-state index >= 15 is 0 Å². The fourth-order valence-corrected chi connectivity index (χ4v) is 1.45. The van der Waals surface area contributed by atoms with Gasteiger partial charge in [0.2, 0.25) is 0 Å². The summed E-state index contributed by atoms with van der Waals surface area (Å²) in [4.78, 5) is 0. The van der Waals surface area contributed by atoms with Crippen LogP contribution in [-0.2, 0) is 0 Å². The van der Waals surface area contributed by atoms with Crippen LogP contribution in [0.1, 0.15) is 53.9 Å². The largest absolute Gasteiger partial charge is 0.314 e. The van der Waals surface area contributed by atoms with Crippen molar-refractivity contribution in [2.45, 2.75) is 59.9 Å². The van der Waals surface area contributed by atoms with E-state index in [-0.39, 0.29) is 0 Å². The minimum Gasteiger partial charge on any atom is -0.314 e. The third-order valence-electron chi connectivity index (χ3n) is 2.03. The highest BCUT2D eigenvalue weighted by atomic mass is 14.9. The number of nitrogens with one attached hydrogen (secondary N) is 1. The fraction of sp³-hybridized carbons (Fsp3) is 1.00. The standard InChI is InChI=1S/C11H25N/c1-6-8-12-10(7-2)9-11(3,4)5/h10,12H,6-9H2,1-5H3. The predicted molar refractivity (Wildman–Crippen MR) is 56.4 cm³/mol. The molecule has 0 amide bonds. The Kier molecular flexibility index (Phi) is 5.56. The Labute approximate surface area is 77.9 Å². The van der Waals surface area contributed by atoms with Crippen molar-refractivity contribution in [1.29, 1.82) is 0 Å². The molecule has 0 radical (unpaired) electrons. The Morgan fingerprint density at radius 3 is 2.08 bits per heavy atom. The average Bonchev–Trinajstić information content (AvgIpc) is 1.95. The minimum absolute atomic E-state index is 0.460. The van der Waals surface area contributed by atoms with E-state index in [1.807, 2.05) is 0 Å². The molecular formula is C11H25N. The van der Waals surface area contributed by atoms with E-state index in [4.69, 9.17) is 0 Å². The maximum Gasteiger partial charge on any atom is 0.00694 e. The summed E-state index contributed by atoms with van der Waals surface area (Å²) in [6, 6.07) is 0.713. The highest BCUT2D eigenvalue weighted by Gasteiger charge is 2.16. The van der Waals surface area contributed by atoms with Crippen molar-refractivity contribution in [2.75, 3.05) is 6.54 Å². The number of hydrogen-bond acceptors (Lipinski definition) is 1. The number of hydrogen-bond donors (Lipinski definition) is 1. The lowest BCUT2D eigenvalue weighted by molar-refractivity contribution is 0.303. The van der Waals surface area contributed by atoms with Gasteiger partial charge in [0, 0.05) is 6.04 Å². The molecule has 0 rings (SSSR count). The van der Waals surface area contributed by atoms with Gasteiger partial charge in [0.1, 0.15) is 0 Å². The molecule has 1 heteroatoms. The molecule has 0 bridgehead atoms. The Bertz CT molecular complexity index is 102. The first-order valence-corrected chi connectivity index (χ1v) is 5.23. The summed E-state index contributed by atoms with van der Waals surface area (Å²) in [5, 5.41) is 3.58. The highest BCUT2D eigenvalue weighted by Crippen LogP contribution is 2.21. The summed E-state index contributed by atoms with van der Waals surface area (Å²) in [6.45, 7) is 12.6. The summed E-state index contributed by atoms with van der Waals surface area (Å²) in [6.07, 6.45) is 3.77. The third kappa shape index (κ3) is 6.66. The second-order valence-electron chi connectivity index (χ2n) is 4.82. The zero-order chi connectivity index (χ0) is 9.61. The van der Waals surface area contributed by atoms with Gasteiger partial charge in [-0.2, -0.15) is 0 Å². The van der Waals surface area contributed by atoms with E-state index in [1.54, 1.807) is 0 Å². The average molecular weight is 171 g/mol. The first kappa shape index (κ1) is 12.0. The van der Waals surface area contributed by atoms with Crippen LogP contribution in [0.25, 0.3) is 0 Å². The number of rotatable bonds is 5. The van der Waals surface area contributed by atoms with Gasteiger partial charge >= 0.3 is 0 Å². The van der Waals surface area contributed by atoms with Crippen molar-refractivity contribution in [3.8, 4) is 0 Å². The molecule has 0 aliphatic carbocycles. The molecule has 0 heterocycles. The molecule has 12 heavy (non-hydrogen) atoms. The van der Waals surface area contributed by atoms with Gasteiger partial charge in [-0.15, -0.1) is 0 Å². The van der Waals surface area contributed by atoms with E-state index in [0.717, 1.165) is 6.54 Å². The smallest absolute Gasteiger partial charge is 0.00694 e. The summed E-state index contributed by atoms with van der Waals surface area (Å²) in [5.74, 6) is 0. The Hall–Kier alpha value is -0.0400. The predicted octanol–water partition coefficient (Wildman–Crippen LogP) is 3.20. The maximum atomic E-state index is 3.58. The van der Waals surface area contributed by atoms with Crippen LogP contribution in [0.2, 0.25) is 0 Å². The van der Waals surface area contributed by atoms with Gasteiger partial charge in [0.05, 0.1) is 0 Å². The molecule has 0 aliphatic heterocycles. The first-order valence-electron chi connectivity index (χ1n) is 5.23. The fourth-order valence-electron chi connectivity index (χ4n) is 1.45. The maximum absolute atomic E-state index is 3.58. The van der Waals surface area contributed by atoms with E-state index in [1.165, 1.54) is 19.3 Å². The summed E-state index contributed by atoms with van der Waals surface area (Å²) >= 11 is 0. The zero-order valence-corrected chi connectivity index (χ0v) is 9.41. The highest BCUT2D eigenvalue weighted by molar-refractivity contribution is 4.72. The van der Waals surface area contributed by atoms with E-state index in [9.17, 15) is 0 Å². The second kappa shape index (κ2) is 5.58. The molecule has 0 saturated heterocycles. The van der Waals surface area contributed by atoms with Gasteiger partial charge in [0.15, 0.2) is 0 Å². The second-order valence-corrected chi connectivity index (χ2v) is 4.82. The van der Waals surface area contributed by atoms with Crippen LogP contribution in [0.4, 0.5) is 0 Å². The van der Waals surface area contributed by atoms with Crippen LogP contribution < -0.4 is 5.32 Å². The Morgan fingerprint density at radius 2 is 1.75 bits per heavy atom. The molecule has 0 saturated carbocycles. The van der Waals surface area contributed by atoms with Gasteiger partial charge in [0.25, 0.3) is 0 Å². The van der Waals surface area contributed by atoms with Crippen LogP contribution in [0.15, 0.2) is 0 Å². The molecule has 0 spiro atoms. The summed E-state index contributed by atoms with van der Waals surface area (Å²) in [5.41, 5.74) is 0.460. The van der Waals surface area contributed by atoms with Crippen LogP contribution >= 0.6 is 0 Å². The van der Waals surface area contributed by atoms with Crippen LogP contribution in [0.3, 0.4) is 0 Å². The van der Waals surface area contributed by atoms with Crippen molar-refractivity contribution in [3.63, 3.8) is 0 Å². The van der Waals surface area contributed by atoms with Gasteiger partial charge in [-0.1, -0.05) is 34.6 Å². The SMILES string of the molecule is CCCNC(CC)CC(C)(C)C. The molecule has 0 aromatic rings. The molecule has 0 aliphatic rings. The van der Waals surface area contributed by atoms with Crippen molar-refractivity contribution in [1.82, 2.24) is 5.32 Å². The molecule has 1 nitrogen and oxygen atoms in total. The van der Waals surface area contributed by atoms with Crippen LogP contribution in [0.5, 0.6) is 0 Å². The molecule has 1 atom stereocenters. The normalized spacial score (nSPS) is 14.8. The summed E-state index contributed by atoms with van der Waals surface area (Å²) < 4.78 is 0. The first-order chi connectivity index (χ1) is 5.49. The molecule has 1 unspecified atom stereocenters. The topological polar surface area (TPSA) is 12.0 Å². The molecule has 74 valence electrons. The molecule has 0 fully saturated rings. The Balaban J connectivity index is 3.67. The van der Waals surface area contributed by atoms with Crippen molar-refractivity contribution in [3.05, 3.63) is 0 Å². The van der Waals surface area contributed by atoms with E-state index in [2.05, 4.69) is 39.9 Å². The quantitative estimate of drug-likeness (QED) is 0.670. The summed E-state index contributed by atoms with van der Waals surface area (Å²) in [7, 11) is 0. The zero-order valence-electron chi connectivity index (χ0n) is 9.41. The Morgan fingerprint density at radius 1 is 1.17 bits per heavy atom. The van der Waals surface area contributed by atoms with Gasteiger partial charge in [-0.05, 0) is 31.2 Å². The van der Waals surface area contributed by atoms with E-state index < -0.39 is 0 Å². The molecule has 1 N–H and O–H groups in total. The molecule has 0 aromatic heterocycles. The lowest BCUT2D eigenvalue weighted by Gasteiger charge is -2.25. The van der Waals surface area contributed by atoms with Crippen molar-refractivity contribution in [2.24, 2.45) is 5.41 Å². The van der Waals surface area contributed by atoms with Crippen LogP contribution in [-0.4, -0.2) is 12.6 Å². The minimum atomic E-state index is 0.460. The lowest BCUT2D eigenvalue weighted by Crippen LogP contribution is -2.32. The van der Waals surface area contributed by atoms with Gasteiger partial charge in [-0.3, -0.25) is 0 Å². The van der Waals surface area contributed by atoms with Gasteiger partial charge in [-0.25, -0.2) is 0 Å². The van der Waals surface area contributed by atoms with Gasteiger partial charge < -0.3 is 5.32 Å². The van der Waals surface area contributed by atoms with Crippen LogP contribution in [0, 0.1) is 5.41 Å². The van der Waals surface area contributed by atoms with Crippen molar-refractivity contribution < 1.29 is 0 Å². The van der Waals surface area contributed by atoms with E-state index in [0.29, 0.717) is 11.5 Å². The third-order valence-corrected chi connectivity index (χ3v) is 2.03. The molecular weight excluding hydrogens is 146 g/mol. The lowest BCUT2D eigenvalue weighted by atomic mass is 9.87.